The average molecular weight is 319 g/mol. The molecule has 114 valence electrons. The topological polar surface area (TPSA) is 67.2 Å². The van der Waals surface area contributed by atoms with E-state index in [9.17, 15) is 9.59 Å². The minimum absolute atomic E-state index is 0.0481. The van der Waals surface area contributed by atoms with Crippen LogP contribution in [0.4, 0.5) is 5.69 Å². The first kappa shape index (κ1) is 14.6. The van der Waals surface area contributed by atoms with Crippen LogP contribution >= 0.6 is 11.6 Å². The van der Waals surface area contributed by atoms with Crippen LogP contribution in [0.15, 0.2) is 36.7 Å². The largest absolute Gasteiger partial charge is 0.325 e. The van der Waals surface area contributed by atoms with E-state index in [0.29, 0.717) is 11.6 Å². The number of anilines is 1. The molecule has 2 aromatic rings. The summed E-state index contributed by atoms with van der Waals surface area (Å²) in [5.74, 6) is -0.379. The number of nitrogens with one attached hydrogen (secondary N) is 1. The van der Waals surface area contributed by atoms with E-state index in [4.69, 9.17) is 11.6 Å². The molecule has 0 saturated carbocycles. The van der Waals surface area contributed by atoms with Crippen molar-refractivity contribution in [2.75, 3.05) is 5.32 Å². The maximum Gasteiger partial charge on any atom is 0.246 e. The number of carbonyl (C=O) groups excluding carboxylic acids is 2. The van der Waals surface area contributed by atoms with Crippen LogP contribution in [0.25, 0.3) is 0 Å². The summed E-state index contributed by atoms with van der Waals surface area (Å²) in [5.41, 5.74) is 1.66. The van der Waals surface area contributed by atoms with Gasteiger partial charge in [0.25, 0.3) is 0 Å². The van der Waals surface area contributed by atoms with Crippen LogP contribution in [0, 0.1) is 0 Å². The highest BCUT2D eigenvalue weighted by atomic mass is 35.5. The van der Waals surface area contributed by atoms with Crippen LogP contribution in [0.3, 0.4) is 0 Å². The summed E-state index contributed by atoms with van der Waals surface area (Å²) in [6.45, 7) is 2.14. The van der Waals surface area contributed by atoms with Gasteiger partial charge >= 0.3 is 0 Å². The second kappa shape index (κ2) is 5.81. The molecule has 1 N–H and O–H groups in total. The highest BCUT2D eigenvalue weighted by molar-refractivity contribution is 6.30. The van der Waals surface area contributed by atoms with Crippen LogP contribution in [0.2, 0.25) is 5.02 Å². The fourth-order valence-electron chi connectivity index (χ4n) is 2.44. The van der Waals surface area contributed by atoms with Crippen molar-refractivity contribution in [3.63, 3.8) is 0 Å². The fraction of sp³-hybridized carbons (Fsp3) is 0.267. The Labute approximate surface area is 132 Å². The summed E-state index contributed by atoms with van der Waals surface area (Å²) in [4.78, 5) is 26.3. The van der Waals surface area contributed by atoms with E-state index in [-0.39, 0.29) is 18.4 Å². The molecule has 0 spiro atoms. The monoisotopic (exact) mass is 318 g/mol. The lowest BCUT2D eigenvalue weighted by atomic mass is 10.1. The van der Waals surface area contributed by atoms with Crippen molar-refractivity contribution >= 4 is 29.1 Å². The highest BCUT2D eigenvalue weighted by Crippen LogP contribution is 2.23. The smallest absolute Gasteiger partial charge is 0.246 e. The Morgan fingerprint density at radius 3 is 2.95 bits per heavy atom. The predicted molar refractivity (Wildman–Crippen MR) is 82.3 cm³/mol. The molecule has 3 rings (SSSR count). The summed E-state index contributed by atoms with van der Waals surface area (Å²) < 4.78 is 1.46. The first-order valence-electron chi connectivity index (χ1n) is 6.91. The molecule has 0 radical (unpaired) electrons. The zero-order valence-corrected chi connectivity index (χ0v) is 12.7. The van der Waals surface area contributed by atoms with Crippen LogP contribution in [-0.2, 0) is 22.7 Å². The number of aromatic nitrogens is 2. The molecule has 7 heteroatoms. The van der Waals surface area contributed by atoms with E-state index >= 15 is 0 Å². The molecule has 6 nitrogen and oxygen atoms in total. The molecule has 1 aromatic heterocycles. The summed E-state index contributed by atoms with van der Waals surface area (Å²) in [7, 11) is 0. The quantitative estimate of drug-likeness (QED) is 0.919. The molecular weight excluding hydrogens is 304 g/mol. The van der Waals surface area contributed by atoms with Crippen molar-refractivity contribution in [3.05, 3.63) is 47.2 Å². The average Bonchev–Trinajstić information content (AvgIpc) is 2.84. The molecule has 0 bridgehead atoms. The molecule has 22 heavy (non-hydrogen) atoms. The summed E-state index contributed by atoms with van der Waals surface area (Å²) >= 11 is 5.80. The zero-order valence-electron chi connectivity index (χ0n) is 12.0. The Hall–Kier alpha value is -2.34. The lowest BCUT2D eigenvalue weighted by molar-refractivity contribution is -0.139. The van der Waals surface area contributed by atoms with Crippen molar-refractivity contribution in [1.82, 2.24) is 14.7 Å². The number of rotatable bonds is 2. The maximum atomic E-state index is 12.5. The van der Waals surface area contributed by atoms with Crippen molar-refractivity contribution in [2.24, 2.45) is 0 Å². The molecule has 1 atom stereocenters. The SMILES string of the molecule is C[C@H]1C(=O)Nc2ccccc2CN1C(=O)Cn1cc(Cl)cn1. The molecule has 1 aliphatic heterocycles. The van der Waals surface area contributed by atoms with E-state index < -0.39 is 6.04 Å². The molecule has 0 aliphatic carbocycles. The van der Waals surface area contributed by atoms with Crippen molar-refractivity contribution in [2.45, 2.75) is 26.1 Å². The predicted octanol–water partition coefficient (Wildman–Crippen LogP) is 1.91. The lowest BCUT2D eigenvalue weighted by Crippen LogP contribution is -2.44. The third-order valence-corrected chi connectivity index (χ3v) is 3.88. The number of benzene rings is 1. The Morgan fingerprint density at radius 1 is 1.45 bits per heavy atom. The van der Waals surface area contributed by atoms with Gasteiger partial charge in [0.1, 0.15) is 12.6 Å². The number of amides is 2. The fourth-order valence-corrected chi connectivity index (χ4v) is 2.59. The Kier molecular flexibility index (Phi) is 3.85. The van der Waals surface area contributed by atoms with Crippen LogP contribution in [0.1, 0.15) is 12.5 Å². The number of carbonyl (C=O) groups is 2. The van der Waals surface area contributed by atoms with Gasteiger partial charge < -0.3 is 10.2 Å². The van der Waals surface area contributed by atoms with Gasteiger partial charge in [-0.3, -0.25) is 14.3 Å². The minimum atomic E-state index is -0.550. The lowest BCUT2D eigenvalue weighted by Gasteiger charge is -2.25. The highest BCUT2D eigenvalue weighted by Gasteiger charge is 2.30. The molecular formula is C15H15ClN4O2. The molecule has 2 amide bonds. The van der Waals surface area contributed by atoms with Crippen molar-refractivity contribution < 1.29 is 9.59 Å². The van der Waals surface area contributed by atoms with Gasteiger partial charge in [0.15, 0.2) is 0 Å². The first-order chi connectivity index (χ1) is 10.5. The second-order valence-corrected chi connectivity index (χ2v) is 5.64. The van der Waals surface area contributed by atoms with Crippen molar-refractivity contribution in [1.29, 1.82) is 0 Å². The molecule has 1 aliphatic rings. The zero-order chi connectivity index (χ0) is 15.7. The standard InChI is InChI=1S/C15H15ClN4O2/c1-10-15(22)18-13-5-3-2-4-11(13)7-20(10)14(21)9-19-8-12(16)6-17-19/h2-6,8,10H,7,9H2,1H3,(H,18,22)/t10-/m0/s1. The van der Waals surface area contributed by atoms with Crippen molar-refractivity contribution in [3.8, 4) is 0 Å². The third-order valence-electron chi connectivity index (χ3n) is 3.68. The molecule has 2 heterocycles. The normalized spacial score (nSPS) is 17.6. The Balaban J connectivity index is 1.85. The van der Waals surface area contributed by atoms with E-state index in [1.54, 1.807) is 18.0 Å². The van der Waals surface area contributed by atoms with Gasteiger partial charge in [0.05, 0.1) is 11.2 Å². The molecule has 0 saturated heterocycles. The summed E-state index contributed by atoms with van der Waals surface area (Å²) in [5, 5.41) is 7.32. The number of hydrogen-bond donors (Lipinski definition) is 1. The van der Waals surface area contributed by atoms with Crippen LogP contribution in [0.5, 0.6) is 0 Å². The molecule has 1 aromatic carbocycles. The van der Waals surface area contributed by atoms with E-state index in [2.05, 4.69) is 10.4 Å². The summed E-state index contributed by atoms with van der Waals surface area (Å²) in [6.07, 6.45) is 3.05. The number of para-hydroxylation sites is 1. The van der Waals surface area contributed by atoms with Crippen LogP contribution < -0.4 is 5.32 Å². The number of fused-ring (bicyclic) bond motifs is 1. The molecule has 0 fully saturated rings. The molecule has 0 unspecified atom stereocenters. The van der Waals surface area contributed by atoms with Gasteiger partial charge in [0, 0.05) is 18.4 Å². The van der Waals surface area contributed by atoms with E-state index in [0.717, 1.165) is 11.3 Å². The third kappa shape index (κ3) is 2.82. The Bertz CT molecular complexity index is 728. The van der Waals surface area contributed by atoms with Gasteiger partial charge in [-0.05, 0) is 18.6 Å². The maximum absolute atomic E-state index is 12.5. The van der Waals surface area contributed by atoms with Crippen LogP contribution in [-0.4, -0.2) is 32.5 Å². The number of halogens is 1. The second-order valence-electron chi connectivity index (χ2n) is 5.20. The van der Waals surface area contributed by atoms with Gasteiger partial charge in [-0.1, -0.05) is 29.8 Å². The van der Waals surface area contributed by atoms with E-state index in [1.807, 2.05) is 24.3 Å². The minimum Gasteiger partial charge on any atom is -0.325 e. The first-order valence-corrected chi connectivity index (χ1v) is 7.28. The number of hydrogen-bond acceptors (Lipinski definition) is 3. The van der Waals surface area contributed by atoms with Gasteiger partial charge in [-0.2, -0.15) is 5.10 Å². The summed E-state index contributed by atoms with van der Waals surface area (Å²) in [6, 6.07) is 6.93. The van der Waals surface area contributed by atoms with Gasteiger partial charge in [0.2, 0.25) is 11.8 Å². The van der Waals surface area contributed by atoms with Gasteiger partial charge in [-0.25, -0.2) is 0 Å². The Morgan fingerprint density at radius 2 is 2.23 bits per heavy atom. The van der Waals surface area contributed by atoms with E-state index in [1.165, 1.54) is 10.9 Å². The van der Waals surface area contributed by atoms with Gasteiger partial charge in [-0.15, -0.1) is 0 Å². The number of nitrogens with zero attached hydrogens (tertiary/aromatic N) is 3.